The Labute approximate surface area is 165 Å². The van der Waals surface area contributed by atoms with Crippen LogP contribution in [0.3, 0.4) is 0 Å². The Kier molecular flexibility index (Phi) is 6.60. The summed E-state index contributed by atoms with van der Waals surface area (Å²) in [6.45, 7) is 0. The smallest absolute Gasteiger partial charge is 0.412 e. The van der Waals surface area contributed by atoms with Gasteiger partial charge in [0.25, 0.3) is 5.91 Å². The number of hydrogen-bond donors (Lipinski definition) is 0. The van der Waals surface area contributed by atoms with Crippen molar-refractivity contribution in [3.05, 3.63) is 23.0 Å². The van der Waals surface area contributed by atoms with Crippen molar-refractivity contribution in [3.63, 3.8) is 0 Å². The van der Waals surface area contributed by atoms with Gasteiger partial charge < -0.3 is 9.66 Å². The molecule has 0 aliphatic heterocycles. The second-order valence-electron chi connectivity index (χ2n) is 5.93. The molecule has 29 heavy (non-hydrogen) atoms. The van der Waals surface area contributed by atoms with Gasteiger partial charge in [-0.1, -0.05) is 0 Å². The summed E-state index contributed by atoms with van der Waals surface area (Å²) in [4.78, 5) is 25.2. The van der Waals surface area contributed by atoms with Crippen molar-refractivity contribution < 1.29 is 36.7 Å². The maximum Gasteiger partial charge on any atom is 0.508 e. The van der Waals surface area contributed by atoms with Gasteiger partial charge in [0.05, 0.1) is 18.5 Å². The van der Waals surface area contributed by atoms with Crippen LogP contribution in [-0.4, -0.2) is 60.1 Å². The zero-order valence-electron chi connectivity index (χ0n) is 15.6. The van der Waals surface area contributed by atoms with Gasteiger partial charge in [0.15, 0.2) is 5.69 Å². The summed E-state index contributed by atoms with van der Waals surface area (Å²) < 4.78 is 54.4. The van der Waals surface area contributed by atoms with Gasteiger partial charge in [-0.3, -0.25) is 14.3 Å². The summed E-state index contributed by atoms with van der Waals surface area (Å²) in [7, 11) is 4.37. The van der Waals surface area contributed by atoms with Crippen molar-refractivity contribution in [1.82, 2.24) is 24.8 Å². The maximum absolute atomic E-state index is 12.5. The summed E-state index contributed by atoms with van der Waals surface area (Å²) in [5, 5.41) is 5.26. The van der Waals surface area contributed by atoms with Crippen LogP contribution in [-0.2, 0) is 35.8 Å². The minimum absolute atomic E-state index is 0. The molecule has 0 saturated carbocycles. The topological polar surface area (TPSA) is 131 Å². The Morgan fingerprint density at radius 1 is 1.34 bits per heavy atom. The van der Waals surface area contributed by atoms with Gasteiger partial charge in [0, 0.05) is 25.9 Å². The lowest BCUT2D eigenvalue weighted by Gasteiger charge is -2.12. The zero-order valence-corrected chi connectivity index (χ0v) is 16.4. The molecule has 2 aromatic heterocycles. The number of hydrogen-bond acceptors (Lipinski definition) is 7. The molecule has 1 unspecified atom stereocenters. The number of aryl methyl sites for hydroxylation is 2. The van der Waals surface area contributed by atoms with Gasteiger partial charge in [0.2, 0.25) is 0 Å². The number of aromatic nitrogens is 4. The molecule has 160 valence electrons. The molecular weight excluding hydrogens is 419 g/mol. The number of rotatable bonds is 4. The van der Waals surface area contributed by atoms with E-state index in [-0.39, 0.29) is 16.9 Å². The lowest BCUT2D eigenvalue weighted by Crippen LogP contribution is -2.26. The highest BCUT2D eigenvalue weighted by atomic mass is 32.2. The number of alkyl halides is 3. The van der Waals surface area contributed by atoms with Crippen LogP contribution in [0.15, 0.2) is 6.20 Å². The van der Waals surface area contributed by atoms with E-state index >= 15 is 0 Å². The van der Waals surface area contributed by atoms with E-state index in [0.29, 0.717) is 36.1 Å². The third-order valence-electron chi connectivity index (χ3n) is 4.19. The number of nitrogens with zero attached hydrogens (tertiary/aromatic N) is 5. The maximum atomic E-state index is 12.5. The van der Waals surface area contributed by atoms with Crippen molar-refractivity contribution in [1.29, 1.82) is 0 Å². The summed E-state index contributed by atoms with van der Waals surface area (Å²) in [6, 6.07) is -0.676. The number of carbonyl (C=O) groups is 1. The Hall–Kier alpha value is -2.58. The average Bonchev–Trinajstić information content (AvgIpc) is 2.84. The average molecular weight is 437 g/mol. The van der Waals surface area contributed by atoms with E-state index in [1.807, 2.05) is 0 Å². The van der Waals surface area contributed by atoms with Crippen LogP contribution < -0.4 is 4.18 Å². The molecule has 2 N–H and O–H groups in total. The summed E-state index contributed by atoms with van der Waals surface area (Å²) in [5.74, 6) is -0.466. The van der Waals surface area contributed by atoms with Crippen LogP contribution in [0.5, 0.6) is 6.01 Å². The third kappa shape index (κ3) is 4.38. The molecular formula is C15H18F3N5O5S. The lowest BCUT2D eigenvalue weighted by molar-refractivity contribution is -0.0761. The van der Waals surface area contributed by atoms with E-state index in [4.69, 9.17) is 4.84 Å². The fraction of sp³-hybridized carbons (Fsp3) is 0.467. The molecule has 1 amide bonds. The van der Waals surface area contributed by atoms with Crippen LogP contribution in [0.1, 0.15) is 28.0 Å². The number of fused-ring (bicyclic) bond motifs is 3. The molecule has 1 atom stereocenters. The highest BCUT2D eigenvalue weighted by Gasteiger charge is 2.41. The zero-order chi connectivity index (χ0) is 20.6. The largest absolute Gasteiger partial charge is 0.508 e. The normalized spacial score (nSPS) is 14.1. The molecule has 2 heterocycles. The number of halogens is 3. The van der Waals surface area contributed by atoms with E-state index in [9.17, 15) is 22.2 Å². The fourth-order valence-electron chi connectivity index (χ4n) is 2.89. The van der Waals surface area contributed by atoms with Gasteiger partial charge in [0.1, 0.15) is 0 Å². The van der Waals surface area contributed by atoms with Gasteiger partial charge in [-0.15, -0.1) is 0 Å². The predicted octanol–water partition coefficient (Wildman–Crippen LogP) is 0.737. The molecule has 0 fully saturated rings. The van der Waals surface area contributed by atoms with E-state index in [1.54, 1.807) is 7.05 Å². The Morgan fingerprint density at radius 3 is 2.66 bits per heavy atom. The number of carbonyl (C=O) groups excluding carboxylic acids is 1. The predicted molar refractivity (Wildman–Crippen MR) is 93.8 cm³/mol. The van der Waals surface area contributed by atoms with Gasteiger partial charge in [-0.05, 0) is 24.8 Å². The molecule has 14 heteroatoms. The molecule has 3 rings (SSSR count). The van der Waals surface area contributed by atoms with Crippen molar-refractivity contribution >= 4 is 17.0 Å². The molecule has 10 nitrogen and oxygen atoms in total. The van der Waals surface area contributed by atoms with Gasteiger partial charge in [-0.25, -0.2) is 14.3 Å². The van der Waals surface area contributed by atoms with Crippen LogP contribution in [0, 0.1) is 0 Å². The van der Waals surface area contributed by atoms with Crippen LogP contribution in [0.2, 0.25) is 0 Å². The lowest BCUT2D eigenvalue weighted by atomic mass is 10.1. The van der Waals surface area contributed by atoms with Crippen molar-refractivity contribution in [2.75, 3.05) is 14.2 Å². The van der Waals surface area contributed by atoms with Gasteiger partial charge in [-0.2, -0.15) is 23.3 Å². The molecule has 0 radical (unpaired) electrons. The molecule has 0 aromatic carbocycles. The van der Waals surface area contributed by atoms with Gasteiger partial charge >= 0.3 is 22.6 Å². The Bertz CT molecular complexity index is 949. The molecule has 0 bridgehead atoms. The quantitative estimate of drug-likeness (QED) is 0.645. The molecule has 1 aliphatic carbocycles. The van der Waals surface area contributed by atoms with Crippen molar-refractivity contribution in [3.8, 4) is 17.4 Å². The van der Waals surface area contributed by atoms with E-state index < -0.39 is 28.5 Å². The summed E-state index contributed by atoms with van der Waals surface area (Å²) in [5.41, 5.74) is -2.90. The van der Waals surface area contributed by atoms with E-state index in [2.05, 4.69) is 19.2 Å². The molecule has 0 saturated heterocycles. The summed E-state index contributed by atoms with van der Waals surface area (Å²) in [6.07, 6.45) is 3.03. The minimum Gasteiger partial charge on any atom is -0.412 e. The number of hydroxylamine groups is 2. The van der Waals surface area contributed by atoms with Crippen molar-refractivity contribution in [2.45, 2.75) is 24.8 Å². The highest BCUT2D eigenvalue weighted by molar-refractivity contribution is 7.81. The first-order valence-electron chi connectivity index (χ1n) is 8.04. The number of amides is 1. The van der Waals surface area contributed by atoms with Crippen molar-refractivity contribution in [2.24, 2.45) is 7.05 Å². The first-order valence-corrected chi connectivity index (χ1v) is 9.12. The molecule has 1 aliphatic rings. The monoisotopic (exact) mass is 437 g/mol. The second kappa shape index (κ2) is 8.42. The standard InChI is InChI=1S/C15H16F3N5O4S.H2O/c1-22-12-9(11(21-22)13(24)23(2)26-3)6-4-5-8-7-19-14(20-10(8)12)27-28(25)15(16,17)18;/h7H,4-6H2,1-3H3;1H2. The molecule has 2 aromatic rings. The Balaban J connectivity index is 0.00000300. The van der Waals surface area contributed by atoms with Crippen LogP contribution in [0.4, 0.5) is 13.2 Å². The summed E-state index contributed by atoms with van der Waals surface area (Å²) >= 11 is -3.59. The first kappa shape index (κ1) is 22.7. The minimum atomic E-state index is -5.06. The van der Waals surface area contributed by atoms with Crippen LogP contribution in [0.25, 0.3) is 11.4 Å². The first-order chi connectivity index (χ1) is 13.1. The highest BCUT2D eigenvalue weighted by Crippen LogP contribution is 2.34. The molecule has 0 spiro atoms. The van der Waals surface area contributed by atoms with E-state index in [1.165, 1.54) is 25.0 Å². The SMILES string of the molecule is CON(C)C(=O)c1nn(C)c2c1CCCc1cnc(OS(=O)C(F)(F)F)nc1-2.O. The third-order valence-corrected chi connectivity index (χ3v) is 4.86. The van der Waals surface area contributed by atoms with E-state index in [0.717, 1.165) is 5.06 Å². The van der Waals surface area contributed by atoms with Crippen LogP contribution >= 0.6 is 0 Å². The Morgan fingerprint density at radius 2 is 2.03 bits per heavy atom. The second-order valence-corrected chi connectivity index (χ2v) is 7.03. The fourth-order valence-corrected chi connectivity index (χ4v) is 3.20.